The number of carbonyl (C=O) groups is 1. The van der Waals surface area contributed by atoms with E-state index in [-0.39, 0.29) is 6.61 Å². The van der Waals surface area contributed by atoms with Crippen LogP contribution in [0.2, 0.25) is 10.0 Å². The Morgan fingerprint density at radius 3 is 1.52 bits per heavy atom. The highest BCUT2D eigenvalue weighted by Crippen LogP contribution is 2.29. The van der Waals surface area contributed by atoms with Gasteiger partial charge in [0.25, 0.3) is 0 Å². The van der Waals surface area contributed by atoms with Crippen molar-refractivity contribution in [2.75, 3.05) is 36.0 Å². The van der Waals surface area contributed by atoms with E-state index in [1.807, 2.05) is 95.6 Å². The van der Waals surface area contributed by atoms with E-state index in [9.17, 15) is 4.79 Å². The molecule has 1 heterocycles. The topological polar surface area (TPSA) is 101 Å². The van der Waals surface area contributed by atoms with Gasteiger partial charge in [-0.2, -0.15) is 0 Å². The first kappa shape index (κ1) is 45.4. The Labute approximate surface area is 386 Å². The van der Waals surface area contributed by atoms with Crippen molar-refractivity contribution in [3.05, 3.63) is 226 Å². The van der Waals surface area contributed by atoms with Gasteiger partial charge < -0.3 is 20.4 Å². The lowest BCUT2D eigenvalue weighted by Crippen LogP contribution is -2.28. The summed E-state index contributed by atoms with van der Waals surface area (Å²) >= 11 is 12.9. The molecule has 1 aromatic heterocycles. The number of rotatable bonds is 18. The van der Waals surface area contributed by atoms with Crippen LogP contribution in [0.5, 0.6) is 0 Å². The lowest BCUT2D eigenvalue weighted by molar-refractivity contribution is 0.154. The van der Waals surface area contributed by atoms with Crippen molar-refractivity contribution in [3.63, 3.8) is 0 Å². The number of nitrogens with two attached hydrogens (primary N) is 1. The number of nitrogens with one attached hydrogen (secondary N) is 2. The van der Waals surface area contributed by atoms with Crippen LogP contribution in [0.15, 0.2) is 188 Å². The van der Waals surface area contributed by atoms with E-state index in [0.29, 0.717) is 40.3 Å². The van der Waals surface area contributed by atoms with E-state index in [1.165, 1.54) is 22.3 Å². The van der Waals surface area contributed by atoms with Crippen molar-refractivity contribution >= 4 is 57.7 Å². The van der Waals surface area contributed by atoms with Gasteiger partial charge in [0.2, 0.25) is 5.95 Å². The van der Waals surface area contributed by atoms with Gasteiger partial charge in [0.05, 0.1) is 32.5 Å². The van der Waals surface area contributed by atoms with Gasteiger partial charge >= 0.3 is 6.09 Å². The third kappa shape index (κ3) is 13.7. The van der Waals surface area contributed by atoms with Crippen molar-refractivity contribution in [2.45, 2.75) is 39.3 Å². The minimum Gasteiger partial charge on any atom is -0.444 e. The first-order valence-electron chi connectivity index (χ1n) is 21.4. The summed E-state index contributed by atoms with van der Waals surface area (Å²) in [5.74, 6) is 0.408. The number of nitrogens with zero attached hydrogens (tertiary/aromatic N) is 4. The lowest BCUT2D eigenvalue weighted by Gasteiger charge is -2.23. The van der Waals surface area contributed by atoms with Gasteiger partial charge in [-0.3, -0.25) is 15.1 Å². The molecule has 0 unspecified atom stereocenters. The van der Waals surface area contributed by atoms with E-state index in [0.717, 1.165) is 56.0 Å². The normalized spacial score (nSPS) is 11.0. The molecule has 0 atom stereocenters. The van der Waals surface area contributed by atoms with E-state index < -0.39 is 6.09 Å². The second-order valence-corrected chi connectivity index (χ2v) is 16.2. The summed E-state index contributed by atoms with van der Waals surface area (Å²) in [6.45, 7) is 6.50. The summed E-state index contributed by atoms with van der Waals surface area (Å²) in [5.41, 5.74) is 15.0. The summed E-state index contributed by atoms with van der Waals surface area (Å²) in [5, 5.41) is 7.46. The number of para-hydroxylation sites is 2. The van der Waals surface area contributed by atoms with Gasteiger partial charge in [0.1, 0.15) is 6.61 Å². The predicted molar refractivity (Wildman–Crippen MR) is 263 cm³/mol. The van der Waals surface area contributed by atoms with Crippen LogP contribution >= 0.6 is 23.2 Å². The molecular formula is C53H53Cl2N7O2. The first-order chi connectivity index (χ1) is 31.4. The number of ether oxygens (including phenoxy) is 1. The van der Waals surface area contributed by atoms with Crippen LogP contribution in [0.1, 0.15) is 27.8 Å². The summed E-state index contributed by atoms with van der Waals surface area (Å²) in [4.78, 5) is 22.2. The number of hydrogen-bond donors (Lipinski definition) is 3. The van der Waals surface area contributed by atoms with Crippen molar-refractivity contribution in [2.24, 2.45) is 0 Å². The van der Waals surface area contributed by atoms with Gasteiger partial charge in [-0.1, -0.05) is 187 Å². The maximum Gasteiger partial charge on any atom is 0.414 e. The largest absolute Gasteiger partial charge is 0.444 e. The van der Waals surface area contributed by atoms with Gasteiger partial charge in [0.15, 0.2) is 0 Å². The number of aromatic nitrogens is 2. The molecule has 8 rings (SSSR count). The molecule has 0 aliphatic rings. The van der Waals surface area contributed by atoms with E-state index in [2.05, 4.69) is 122 Å². The minimum atomic E-state index is -0.563. The Morgan fingerprint density at radius 2 is 1.02 bits per heavy atom. The maximum atomic E-state index is 12.7. The summed E-state index contributed by atoms with van der Waals surface area (Å²) in [7, 11) is 0. The van der Waals surface area contributed by atoms with Gasteiger partial charge in [0, 0.05) is 52.4 Å². The third-order valence-corrected chi connectivity index (χ3v) is 11.2. The number of hydrogen-bond acceptors (Lipinski definition) is 7. The van der Waals surface area contributed by atoms with Crippen molar-refractivity contribution in [3.8, 4) is 0 Å². The Morgan fingerprint density at radius 1 is 0.562 bits per heavy atom. The Bertz CT molecular complexity index is 2530. The lowest BCUT2D eigenvalue weighted by atomic mass is 10.1. The second kappa shape index (κ2) is 23.7. The third-order valence-electron chi connectivity index (χ3n) is 10.6. The zero-order valence-corrected chi connectivity index (χ0v) is 37.2. The number of imidazole rings is 1. The van der Waals surface area contributed by atoms with Crippen LogP contribution in [-0.4, -0.2) is 45.1 Å². The molecule has 0 saturated heterocycles. The van der Waals surface area contributed by atoms with E-state index in [4.69, 9.17) is 33.7 Å². The molecule has 7 aromatic carbocycles. The molecule has 0 bridgehead atoms. The summed E-state index contributed by atoms with van der Waals surface area (Å²) < 4.78 is 7.41. The number of carbonyl (C=O) groups excluding carboxylic acids is 1. The summed E-state index contributed by atoms with van der Waals surface area (Å²) in [6.07, 6.45) is -0.563. The highest BCUT2D eigenvalue weighted by molar-refractivity contribution is 6.35. The molecule has 0 saturated carbocycles. The molecule has 4 N–H and O–H groups in total. The Hall–Kier alpha value is -6.62. The van der Waals surface area contributed by atoms with Gasteiger partial charge in [-0.15, -0.1) is 0 Å². The SMILES string of the molecule is Nc1cccc(Cl)c1NCCN(Cc1ccccc1)Cc1ccccc1.O=C(Nc1nc2cccc(Cl)c2n1CCN(Cc1ccccc1)Cc1ccccc1)OCc1ccccc1. The minimum absolute atomic E-state index is 0.176. The maximum absolute atomic E-state index is 12.7. The van der Waals surface area contributed by atoms with Crippen LogP contribution in [0.4, 0.5) is 22.1 Å². The van der Waals surface area contributed by atoms with Crippen LogP contribution in [-0.2, 0) is 44.1 Å². The highest BCUT2D eigenvalue weighted by Gasteiger charge is 2.18. The molecule has 0 aliphatic heterocycles. The van der Waals surface area contributed by atoms with Gasteiger partial charge in [-0.25, -0.2) is 9.78 Å². The molecular weight excluding hydrogens is 838 g/mol. The summed E-state index contributed by atoms with van der Waals surface area (Å²) in [6, 6.07) is 62.7. The molecule has 11 heteroatoms. The quantitative estimate of drug-likeness (QED) is 0.0738. The number of anilines is 3. The highest BCUT2D eigenvalue weighted by atomic mass is 35.5. The Kier molecular flexibility index (Phi) is 16.8. The fraction of sp³-hybridized carbons (Fsp3) is 0.170. The fourth-order valence-corrected chi connectivity index (χ4v) is 7.93. The molecule has 0 aliphatic carbocycles. The molecule has 1 amide bonds. The van der Waals surface area contributed by atoms with E-state index >= 15 is 0 Å². The molecule has 0 fully saturated rings. The number of fused-ring (bicyclic) bond motifs is 1. The van der Waals surface area contributed by atoms with Crippen molar-refractivity contribution in [1.29, 1.82) is 0 Å². The van der Waals surface area contributed by atoms with E-state index in [1.54, 1.807) is 0 Å². The van der Waals surface area contributed by atoms with Crippen LogP contribution in [0.3, 0.4) is 0 Å². The number of benzene rings is 7. The molecule has 8 aromatic rings. The molecule has 9 nitrogen and oxygen atoms in total. The monoisotopic (exact) mass is 889 g/mol. The van der Waals surface area contributed by atoms with Crippen LogP contribution in [0.25, 0.3) is 11.0 Å². The molecule has 0 spiro atoms. The second-order valence-electron chi connectivity index (χ2n) is 15.4. The standard InChI is InChI=1S/C31H29ClN4O2.C22H24ClN3/c32-27-17-10-18-28-29(27)36(30(33-28)34-31(37)38-23-26-15-8-3-9-16-26)20-19-35(21-24-11-4-1-5-12-24)22-25-13-6-2-7-14-25;23-20-12-7-13-21(24)22(20)25-14-15-26(16-18-8-3-1-4-9-18)17-19-10-5-2-6-11-19/h1-18H,19-23H2,(H,33,34,37);1-13,25H,14-17,24H2. The first-order valence-corrected chi connectivity index (χ1v) is 22.1. The van der Waals surface area contributed by atoms with Crippen LogP contribution in [0, 0.1) is 0 Å². The number of nitrogen functional groups attached to an aromatic ring is 1. The number of amides is 1. The molecule has 326 valence electrons. The Balaban J connectivity index is 0.000000206. The smallest absolute Gasteiger partial charge is 0.414 e. The van der Waals surface area contributed by atoms with Crippen molar-refractivity contribution < 1.29 is 9.53 Å². The van der Waals surface area contributed by atoms with Gasteiger partial charge in [-0.05, 0) is 52.1 Å². The molecule has 64 heavy (non-hydrogen) atoms. The van der Waals surface area contributed by atoms with Crippen LogP contribution < -0.4 is 16.4 Å². The molecule has 0 radical (unpaired) electrons. The van der Waals surface area contributed by atoms with Crippen molar-refractivity contribution in [1.82, 2.24) is 19.4 Å². The zero-order valence-electron chi connectivity index (χ0n) is 35.7. The fourth-order valence-electron chi connectivity index (χ4n) is 7.41. The average Bonchev–Trinajstić information content (AvgIpc) is 3.68. The predicted octanol–water partition coefficient (Wildman–Crippen LogP) is 12.2. The number of halogens is 2. The zero-order chi connectivity index (χ0) is 44.4. The average molecular weight is 891 g/mol.